The minimum Gasteiger partial charge on any atom is -0.465 e. The first-order chi connectivity index (χ1) is 15.0. The average Bonchev–Trinajstić information content (AvgIpc) is 2.82. The Morgan fingerprint density at radius 2 is 1.23 bits per heavy atom. The number of nitrogens with one attached hydrogen (secondary N) is 1. The third kappa shape index (κ3) is 5.45. The van der Waals surface area contributed by atoms with E-state index in [9.17, 15) is 14.4 Å². The second kappa shape index (κ2) is 10.0. The highest BCUT2D eigenvalue weighted by Gasteiger charge is 2.17. The average molecular weight is 415 g/mol. The van der Waals surface area contributed by atoms with Crippen LogP contribution in [0.3, 0.4) is 0 Å². The van der Waals surface area contributed by atoms with E-state index >= 15 is 0 Å². The van der Waals surface area contributed by atoms with Crippen LogP contribution in [-0.2, 0) is 14.3 Å². The number of anilines is 1. The number of rotatable bonds is 6. The van der Waals surface area contributed by atoms with Crippen molar-refractivity contribution in [3.05, 3.63) is 101 Å². The highest BCUT2D eigenvalue weighted by molar-refractivity contribution is 6.29. The summed E-state index contributed by atoms with van der Waals surface area (Å²) in [7, 11) is 2.48. The zero-order chi connectivity index (χ0) is 22.2. The first-order valence-corrected chi connectivity index (χ1v) is 9.47. The monoisotopic (exact) mass is 415 g/mol. The first kappa shape index (κ1) is 21.5. The third-order valence-electron chi connectivity index (χ3n) is 4.47. The molecule has 0 bridgehead atoms. The van der Waals surface area contributed by atoms with Gasteiger partial charge in [-0.2, -0.15) is 0 Å². The molecule has 6 nitrogen and oxygen atoms in total. The van der Waals surface area contributed by atoms with E-state index in [0.717, 1.165) is 11.1 Å². The lowest BCUT2D eigenvalue weighted by molar-refractivity contribution is -0.111. The lowest BCUT2D eigenvalue weighted by atomic mass is 10.0. The van der Waals surface area contributed by atoms with E-state index in [4.69, 9.17) is 9.47 Å². The zero-order valence-corrected chi connectivity index (χ0v) is 17.1. The molecule has 0 saturated heterocycles. The maximum absolute atomic E-state index is 13.2. The van der Waals surface area contributed by atoms with Crippen LogP contribution in [0.15, 0.2) is 78.9 Å². The number of carbonyl (C=O) groups excluding carboxylic acids is 3. The van der Waals surface area contributed by atoms with Crippen LogP contribution < -0.4 is 5.32 Å². The number of ether oxygens (including phenoxy) is 2. The summed E-state index contributed by atoms with van der Waals surface area (Å²) in [5.41, 5.74) is 2.51. The molecule has 0 spiro atoms. The van der Waals surface area contributed by atoms with Gasteiger partial charge in [0.15, 0.2) is 0 Å². The molecule has 0 heterocycles. The van der Waals surface area contributed by atoms with Crippen LogP contribution >= 0.6 is 0 Å². The highest BCUT2D eigenvalue weighted by atomic mass is 16.5. The molecule has 1 N–H and O–H groups in total. The van der Waals surface area contributed by atoms with Crippen molar-refractivity contribution in [1.29, 1.82) is 0 Å². The number of amides is 1. The van der Waals surface area contributed by atoms with Gasteiger partial charge in [-0.1, -0.05) is 60.7 Å². The topological polar surface area (TPSA) is 81.7 Å². The molecule has 3 aromatic carbocycles. The van der Waals surface area contributed by atoms with Crippen molar-refractivity contribution in [1.82, 2.24) is 0 Å². The highest BCUT2D eigenvalue weighted by Crippen LogP contribution is 2.23. The summed E-state index contributed by atoms with van der Waals surface area (Å²) >= 11 is 0. The molecule has 0 aliphatic rings. The lowest BCUT2D eigenvalue weighted by Gasteiger charge is -2.12. The Morgan fingerprint density at radius 3 is 1.74 bits per heavy atom. The zero-order valence-electron chi connectivity index (χ0n) is 17.1. The van der Waals surface area contributed by atoms with Gasteiger partial charge in [-0.05, 0) is 35.4 Å². The van der Waals surface area contributed by atoms with Gasteiger partial charge in [-0.15, -0.1) is 0 Å². The van der Waals surface area contributed by atoms with E-state index in [1.807, 2.05) is 60.7 Å². The Balaban J connectivity index is 2.01. The summed E-state index contributed by atoms with van der Waals surface area (Å²) < 4.78 is 9.49. The molecule has 0 aliphatic carbocycles. The minimum atomic E-state index is -0.635. The molecule has 0 unspecified atom stereocenters. The van der Waals surface area contributed by atoms with Gasteiger partial charge in [-0.3, -0.25) is 4.79 Å². The summed E-state index contributed by atoms with van der Waals surface area (Å²) in [4.78, 5) is 37.2. The number of methoxy groups -OCH3 is 2. The SMILES string of the molecule is COC(=O)c1cc(NC(=O)/C(=C/c2ccccc2)c2ccccc2)cc(C(=O)OC)c1. The lowest BCUT2D eigenvalue weighted by Crippen LogP contribution is -2.15. The molecular formula is C25H21NO5. The standard InChI is InChI=1S/C25H21NO5/c1-30-24(28)19-14-20(25(29)31-2)16-21(15-19)26-23(27)22(18-11-7-4-8-12-18)13-17-9-5-3-6-10-17/h3-16H,1-2H3,(H,26,27)/b22-13+. The maximum Gasteiger partial charge on any atom is 0.337 e. The fourth-order valence-electron chi connectivity index (χ4n) is 2.98. The van der Waals surface area contributed by atoms with Crippen molar-refractivity contribution in [2.75, 3.05) is 19.5 Å². The second-order valence-electron chi connectivity index (χ2n) is 6.57. The Kier molecular flexibility index (Phi) is 6.96. The fourth-order valence-corrected chi connectivity index (χ4v) is 2.98. The minimum absolute atomic E-state index is 0.119. The Bertz CT molecular complexity index is 1090. The molecule has 6 heteroatoms. The van der Waals surface area contributed by atoms with E-state index in [1.165, 1.54) is 32.4 Å². The number of carbonyl (C=O) groups is 3. The van der Waals surface area contributed by atoms with Crippen LogP contribution in [0, 0.1) is 0 Å². The quantitative estimate of drug-likeness (QED) is 0.366. The predicted octanol–water partition coefficient (Wildman–Crippen LogP) is 4.44. The number of benzene rings is 3. The van der Waals surface area contributed by atoms with E-state index in [-0.39, 0.29) is 16.8 Å². The summed E-state index contributed by atoms with van der Waals surface area (Å²) in [5.74, 6) is -1.67. The molecule has 1 amide bonds. The molecule has 3 rings (SSSR count). The second-order valence-corrected chi connectivity index (χ2v) is 6.57. The van der Waals surface area contributed by atoms with Gasteiger partial charge < -0.3 is 14.8 Å². The maximum atomic E-state index is 13.2. The van der Waals surface area contributed by atoms with E-state index in [0.29, 0.717) is 5.57 Å². The van der Waals surface area contributed by atoms with E-state index in [2.05, 4.69) is 5.32 Å². The molecule has 31 heavy (non-hydrogen) atoms. The fraction of sp³-hybridized carbons (Fsp3) is 0.0800. The van der Waals surface area contributed by atoms with Gasteiger partial charge in [0, 0.05) is 11.3 Å². The van der Waals surface area contributed by atoms with E-state index < -0.39 is 17.8 Å². The molecule has 0 fully saturated rings. The summed E-state index contributed by atoms with van der Waals surface area (Å²) in [6.45, 7) is 0. The van der Waals surface area contributed by atoms with Gasteiger partial charge in [0.2, 0.25) is 0 Å². The van der Waals surface area contributed by atoms with Gasteiger partial charge in [0.25, 0.3) is 5.91 Å². The molecule has 0 radical (unpaired) electrons. The molecular weight excluding hydrogens is 394 g/mol. The van der Waals surface area contributed by atoms with Crippen molar-refractivity contribution in [2.24, 2.45) is 0 Å². The van der Waals surface area contributed by atoms with Gasteiger partial charge in [0.1, 0.15) is 0 Å². The van der Waals surface area contributed by atoms with Crippen molar-refractivity contribution in [2.45, 2.75) is 0 Å². The van der Waals surface area contributed by atoms with Crippen LogP contribution in [0.4, 0.5) is 5.69 Å². The first-order valence-electron chi connectivity index (χ1n) is 9.47. The van der Waals surface area contributed by atoms with Crippen LogP contribution in [0.25, 0.3) is 11.6 Å². The van der Waals surface area contributed by atoms with Crippen LogP contribution in [0.1, 0.15) is 31.8 Å². The van der Waals surface area contributed by atoms with Crippen LogP contribution in [-0.4, -0.2) is 32.1 Å². The van der Waals surface area contributed by atoms with Crippen molar-refractivity contribution in [3.8, 4) is 0 Å². The van der Waals surface area contributed by atoms with Gasteiger partial charge in [0.05, 0.1) is 25.3 Å². The Labute approximate surface area is 180 Å². The molecule has 156 valence electrons. The Hall–Kier alpha value is -4.19. The predicted molar refractivity (Wildman–Crippen MR) is 119 cm³/mol. The van der Waals surface area contributed by atoms with Crippen LogP contribution in [0.2, 0.25) is 0 Å². The summed E-state index contributed by atoms with van der Waals surface area (Å²) in [6.07, 6.45) is 1.77. The van der Waals surface area contributed by atoms with Crippen molar-refractivity contribution < 1.29 is 23.9 Å². The Morgan fingerprint density at radius 1 is 0.710 bits per heavy atom. The molecule has 3 aromatic rings. The number of esters is 2. The van der Waals surface area contributed by atoms with Crippen molar-refractivity contribution in [3.63, 3.8) is 0 Å². The van der Waals surface area contributed by atoms with Gasteiger partial charge >= 0.3 is 11.9 Å². The van der Waals surface area contributed by atoms with Gasteiger partial charge in [-0.25, -0.2) is 9.59 Å². The molecule has 0 saturated carbocycles. The third-order valence-corrected chi connectivity index (χ3v) is 4.47. The van der Waals surface area contributed by atoms with E-state index in [1.54, 1.807) is 6.08 Å². The largest absolute Gasteiger partial charge is 0.465 e. The summed E-state index contributed by atoms with van der Waals surface area (Å²) in [6, 6.07) is 22.9. The molecule has 0 aromatic heterocycles. The van der Waals surface area contributed by atoms with Crippen molar-refractivity contribution >= 4 is 35.2 Å². The smallest absolute Gasteiger partial charge is 0.337 e. The normalized spacial score (nSPS) is 10.8. The summed E-state index contributed by atoms with van der Waals surface area (Å²) in [5, 5.41) is 2.78. The molecule has 0 aliphatic heterocycles. The molecule has 0 atom stereocenters. The number of hydrogen-bond donors (Lipinski definition) is 1. The number of hydrogen-bond acceptors (Lipinski definition) is 5. The van der Waals surface area contributed by atoms with Crippen LogP contribution in [0.5, 0.6) is 0 Å².